The van der Waals surface area contributed by atoms with Crippen LogP contribution in [0.1, 0.15) is 12.5 Å². The number of nitrogens with two attached hydrogens (primary N) is 1. The maximum atomic E-state index is 11.5. The van der Waals surface area contributed by atoms with Crippen LogP contribution in [-0.4, -0.2) is 25.7 Å². The van der Waals surface area contributed by atoms with Gasteiger partial charge in [0.25, 0.3) is 0 Å². The van der Waals surface area contributed by atoms with Crippen molar-refractivity contribution in [1.82, 2.24) is 19.7 Å². The fourth-order valence-corrected chi connectivity index (χ4v) is 2.83. The van der Waals surface area contributed by atoms with E-state index in [2.05, 4.69) is 20.4 Å². The molecule has 1 amide bonds. The zero-order valence-corrected chi connectivity index (χ0v) is 12.0. The molecule has 22 heavy (non-hydrogen) atoms. The molecule has 7 nitrogen and oxygen atoms in total. The molecule has 0 saturated heterocycles. The number of aryl methyl sites for hydroxylation is 1. The van der Waals surface area contributed by atoms with E-state index < -0.39 is 0 Å². The quantitative estimate of drug-likeness (QED) is 0.747. The van der Waals surface area contributed by atoms with Gasteiger partial charge < -0.3 is 11.1 Å². The number of rotatable bonds is 2. The first-order valence-corrected chi connectivity index (χ1v) is 7.07. The third-order valence-electron chi connectivity index (χ3n) is 3.86. The van der Waals surface area contributed by atoms with Crippen LogP contribution in [0.5, 0.6) is 0 Å². The van der Waals surface area contributed by atoms with E-state index in [1.165, 1.54) is 6.33 Å². The minimum absolute atomic E-state index is 0.0129. The van der Waals surface area contributed by atoms with Gasteiger partial charge in [0.15, 0.2) is 5.65 Å². The summed E-state index contributed by atoms with van der Waals surface area (Å²) in [6.45, 7) is 2.69. The molecule has 3 aromatic rings. The maximum Gasteiger partial charge on any atom is 0.228 e. The molecule has 0 saturated carbocycles. The number of amides is 1. The van der Waals surface area contributed by atoms with Gasteiger partial charge in [-0.1, -0.05) is 6.07 Å². The number of carbonyl (C=O) groups excluding carboxylic acids is 1. The number of benzene rings is 1. The van der Waals surface area contributed by atoms with Gasteiger partial charge >= 0.3 is 0 Å². The van der Waals surface area contributed by atoms with Crippen molar-refractivity contribution in [3.63, 3.8) is 0 Å². The Balaban J connectivity index is 1.95. The number of carbonyl (C=O) groups is 1. The Labute approximate surface area is 126 Å². The van der Waals surface area contributed by atoms with Crippen LogP contribution in [0.3, 0.4) is 0 Å². The maximum absolute atomic E-state index is 11.5. The highest BCUT2D eigenvalue weighted by molar-refractivity contribution is 6.02. The van der Waals surface area contributed by atoms with Crippen molar-refractivity contribution in [2.75, 3.05) is 11.1 Å². The summed E-state index contributed by atoms with van der Waals surface area (Å²) < 4.78 is 1.80. The van der Waals surface area contributed by atoms with Gasteiger partial charge in [-0.15, -0.1) is 0 Å². The molecule has 110 valence electrons. The summed E-state index contributed by atoms with van der Waals surface area (Å²) in [7, 11) is 0. The van der Waals surface area contributed by atoms with Crippen molar-refractivity contribution in [2.24, 2.45) is 0 Å². The van der Waals surface area contributed by atoms with E-state index in [1.807, 2.05) is 25.1 Å². The molecule has 2 aromatic heterocycles. The van der Waals surface area contributed by atoms with E-state index in [1.54, 1.807) is 4.68 Å². The highest BCUT2D eigenvalue weighted by Crippen LogP contribution is 2.33. The van der Waals surface area contributed by atoms with Crippen LogP contribution >= 0.6 is 0 Å². The van der Waals surface area contributed by atoms with Gasteiger partial charge in [0, 0.05) is 17.8 Å². The lowest BCUT2D eigenvalue weighted by molar-refractivity contribution is -0.115. The average Bonchev–Trinajstić information content (AvgIpc) is 3.06. The smallest absolute Gasteiger partial charge is 0.228 e. The second kappa shape index (κ2) is 4.52. The second-order valence-electron chi connectivity index (χ2n) is 5.22. The summed E-state index contributed by atoms with van der Waals surface area (Å²) in [5.41, 5.74) is 10.2. The number of fused-ring (bicyclic) bond motifs is 2. The number of anilines is 2. The fraction of sp³-hybridized carbons (Fsp3) is 0.200. The van der Waals surface area contributed by atoms with Crippen LogP contribution in [0.15, 0.2) is 24.5 Å². The molecule has 0 fully saturated rings. The van der Waals surface area contributed by atoms with Crippen LogP contribution in [0, 0.1) is 0 Å². The molecule has 4 rings (SSSR count). The zero-order valence-electron chi connectivity index (χ0n) is 12.0. The minimum atomic E-state index is 0.0129. The first-order chi connectivity index (χ1) is 10.7. The molecule has 0 aliphatic carbocycles. The number of nitrogen functional groups attached to an aromatic ring is 1. The molecule has 3 heterocycles. The van der Waals surface area contributed by atoms with Gasteiger partial charge in [0.1, 0.15) is 17.8 Å². The van der Waals surface area contributed by atoms with Crippen LogP contribution in [0.25, 0.3) is 22.3 Å². The number of hydrogen-bond donors (Lipinski definition) is 2. The zero-order chi connectivity index (χ0) is 15.3. The van der Waals surface area contributed by atoms with Crippen molar-refractivity contribution in [2.45, 2.75) is 19.9 Å². The van der Waals surface area contributed by atoms with Gasteiger partial charge in [0.2, 0.25) is 5.91 Å². The molecule has 1 aromatic carbocycles. The third kappa shape index (κ3) is 1.75. The lowest BCUT2D eigenvalue weighted by Gasteiger charge is -2.03. The Bertz CT molecular complexity index is 914. The molecule has 0 unspecified atom stereocenters. The molecule has 3 N–H and O–H groups in total. The predicted octanol–water partition coefficient (Wildman–Crippen LogP) is 1.59. The van der Waals surface area contributed by atoms with Crippen LogP contribution in [-0.2, 0) is 17.8 Å². The van der Waals surface area contributed by atoms with Crippen molar-refractivity contribution in [1.29, 1.82) is 0 Å². The third-order valence-corrected chi connectivity index (χ3v) is 3.86. The van der Waals surface area contributed by atoms with E-state index in [0.29, 0.717) is 18.8 Å². The lowest BCUT2D eigenvalue weighted by atomic mass is 10.0. The highest BCUT2D eigenvalue weighted by Gasteiger charge is 2.21. The van der Waals surface area contributed by atoms with Crippen molar-refractivity contribution in [3.8, 4) is 11.3 Å². The average molecular weight is 294 g/mol. The van der Waals surface area contributed by atoms with E-state index in [-0.39, 0.29) is 5.91 Å². The SMILES string of the molecule is CCn1nc(-c2ccc3c(c2)CC(=O)N3)c2c(N)ncnc21. The molecular weight excluding hydrogens is 280 g/mol. The molecule has 0 spiro atoms. The summed E-state index contributed by atoms with van der Waals surface area (Å²) in [5, 5.41) is 8.19. The molecule has 0 bridgehead atoms. The first kappa shape index (κ1) is 12.8. The number of nitrogens with one attached hydrogen (secondary N) is 1. The lowest BCUT2D eigenvalue weighted by Crippen LogP contribution is -2.03. The van der Waals surface area contributed by atoms with E-state index in [9.17, 15) is 4.79 Å². The molecule has 1 aliphatic rings. The molecule has 1 aliphatic heterocycles. The molecule has 0 radical (unpaired) electrons. The van der Waals surface area contributed by atoms with Gasteiger partial charge in [-0.2, -0.15) is 5.10 Å². The van der Waals surface area contributed by atoms with Crippen LogP contribution in [0.4, 0.5) is 11.5 Å². The summed E-state index contributed by atoms with van der Waals surface area (Å²) >= 11 is 0. The van der Waals surface area contributed by atoms with Gasteiger partial charge in [0.05, 0.1) is 11.8 Å². The van der Waals surface area contributed by atoms with Crippen LogP contribution < -0.4 is 11.1 Å². The summed E-state index contributed by atoms with van der Waals surface area (Å²) in [5.74, 6) is 0.424. The topological polar surface area (TPSA) is 98.7 Å². The Kier molecular flexibility index (Phi) is 2.62. The number of hydrogen-bond acceptors (Lipinski definition) is 5. The van der Waals surface area contributed by atoms with Crippen molar-refractivity contribution in [3.05, 3.63) is 30.1 Å². The van der Waals surface area contributed by atoms with Gasteiger partial charge in [-0.25, -0.2) is 14.6 Å². The largest absolute Gasteiger partial charge is 0.383 e. The number of nitrogens with zero attached hydrogens (tertiary/aromatic N) is 4. The molecule has 0 atom stereocenters. The van der Waals surface area contributed by atoms with Gasteiger partial charge in [-0.05, 0) is 24.6 Å². The highest BCUT2D eigenvalue weighted by atomic mass is 16.1. The summed E-state index contributed by atoms with van der Waals surface area (Å²) in [6.07, 6.45) is 1.84. The Morgan fingerprint density at radius 2 is 2.23 bits per heavy atom. The van der Waals surface area contributed by atoms with Crippen LogP contribution in [0.2, 0.25) is 0 Å². The van der Waals surface area contributed by atoms with E-state index >= 15 is 0 Å². The Morgan fingerprint density at radius 1 is 1.36 bits per heavy atom. The summed E-state index contributed by atoms with van der Waals surface area (Å²) in [4.78, 5) is 19.9. The van der Waals surface area contributed by atoms with Crippen molar-refractivity contribution < 1.29 is 4.79 Å². The standard InChI is InChI=1S/C15H14N6O/c1-2-21-15-12(14(16)17-7-18-15)13(20-21)8-3-4-10-9(5-8)6-11(22)19-10/h3-5,7H,2,6H2,1H3,(H,19,22)(H2,16,17,18). The second-order valence-corrected chi connectivity index (χ2v) is 5.22. The predicted molar refractivity (Wildman–Crippen MR) is 83.2 cm³/mol. The number of aromatic nitrogens is 4. The molecule has 7 heteroatoms. The summed E-state index contributed by atoms with van der Waals surface area (Å²) in [6, 6.07) is 5.80. The van der Waals surface area contributed by atoms with Crippen molar-refractivity contribution >= 4 is 28.4 Å². The molecular formula is C15H14N6O. The fourth-order valence-electron chi connectivity index (χ4n) is 2.83. The van der Waals surface area contributed by atoms with Gasteiger partial charge in [-0.3, -0.25) is 4.79 Å². The van der Waals surface area contributed by atoms with E-state index in [0.717, 1.165) is 33.5 Å². The van der Waals surface area contributed by atoms with E-state index in [4.69, 9.17) is 5.73 Å². The normalized spacial score (nSPS) is 13.4. The minimum Gasteiger partial charge on any atom is -0.383 e. The Morgan fingerprint density at radius 3 is 3.05 bits per heavy atom. The first-order valence-electron chi connectivity index (χ1n) is 7.07. The monoisotopic (exact) mass is 294 g/mol. The Hall–Kier alpha value is -2.96.